The average Bonchev–Trinajstić information content (AvgIpc) is 3.52. The third-order valence-electron chi connectivity index (χ3n) is 8.40. The van der Waals surface area contributed by atoms with E-state index in [0.717, 1.165) is 11.6 Å². The maximum Gasteiger partial charge on any atom is 0.355 e. The van der Waals surface area contributed by atoms with Gasteiger partial charge in [-0.2, -0.15) is 19.1 Å². The van der Waals surface area contributed by atoms with Crippen LogP contribution >= 0.6 is 0 Å². The van der Waals surface area contributed by atoms with E-state index in [1.54, 1.807) is 43.3 Å². The highest BCUT2D eigenvalue weighted by atomic mass is 32.2. The molecule has 13 nitrogen and oxygen atoms in total. The van der Waals surface area contributed by atoms with E-state index in [1.165, 1.54) is 60.5 Å². The van der Waals surface area contributed by atoms with Crippen molar-refractivity contribution < 1.29 is 45.3 Å². The number of esters is 1. The number of carbonyl (C=O) groups is 1. The van der Waals surface area contributed by atoms with Gasteiger partial charge in [0.1, 0.15) is 59.9 Å². The van der Waals surface area contributed by atoms with Crippen molar-refractivity contribution in [2.24, 2.45) is 0 Å². The standard InChI is InChI=1S/C39H41F3N6O7SSi/c1-25(27-9-12-30(40)13-10-27)55-34-20-28(11-15-33(34)47-56(50,51)39(41)42)36-32(21-43)37(48(46-36)24-53-17-18-57(3,4)5)45-35-16-14-31(22-44-35)54-23-26-7-6-8-29(19-26)38(49)52-2/h6-16,19-20,22,25,39,47H,17-18,23-24H2,1-5H3,(H,44,45)/t25-/m0/s1. The second-order valence-electron chi connectivity index (χ2n) is 13.9. The van der Waals surface area contributed by atoms with Gasteiger partial charge in [-0.25, -0.2) is 27.3 Å². The van der Waals surface area contributed by atoms with E-state index in [9.17, 15) is 31.6 Å². The molecule has 2 N–H and O–H groups in total. The van der Waals surface area contributed by atoms with Crippen LogP contribution in [-0.4, -0.2) is 56.7 Å². The summed E-state index contributed by atoms with van der Waals surface area (Å²) in [6.45, 7) is 8.80. The second kappa shape index (κ2) is 18.4. The minimum absolute atomic E-state index is 0.0510. The van der Waals surface area contributed by atoms with Gasteiger partial charge in [0.15, 0.2) is 5.82 Å². The fourth-order valence-electron chi connectivity index (χ4n) is 5.29. The Morgan fingerprint density at radius 3 is 2.44 bits per heavy atom. The normalized spacial score (nSPS) is 12.1. The van der Waals surface area contributed by atoms with Crippen molar-refractivity contribution in [3.05, 3.63) is 113 Å². The Balaban J connectivity index is 1.47. The summed E-state index contributed by atoms with van der Waals surface area (Å²) in [6.07, 6.45) is 0.694. The van der Waals surface area contributed by atoms with Crippen molar-refractivity contribution in [1.29, 1.82) is 5.26 Å². The lowest BCUT2D eigenvalue weighted by Crippen LogP contribution is -2.22. The molecule has 1 atom stereocenters. The van der Waals surface area contributed by atoms with Gasteiger partial charge >= 0.3 is 11.7 Å². The molecule has 0 amide bonds. The molecule has 2 aromatic heterocycles. The first-order valence-electron chi connectivity index (χ1n) is 17.5. The van der Waals surface area contributed by atoms with Crippen LogP contribution in [0.3, 0.4) is 0 Å². The Hall–Kier alpha value is -5.90. The number of benzene rings is 3. The number of sulfonamides is 1. The fraction of sp³-hybridized carbons (Fsp3) is 0.282. The molecule has 18 heteroatoms. The molecule has 3 aromatic carbocycles. The molecule has 300 valence electrons. The smallest absolute Gasteiger partial charge is 0.355 e. The molecule has 0 saturated heterocycles. The van der Waals surface area contributed by atoms with Crippen LogP contribution in [0.5, 0.6) is 11.5 Å². The van der Waals surface area contributed by atoms with E-state index in [2.05, 4.69) is 41.1 Å². The molecular weight excluding hydrogens is 782 g/mol. The van der Waals surface area contributed by atoms with E-state index in [1.807, 2.05) is 4.72 Å². The van der Waals surface area contributed by atoms with Gasteiger partial charge in [-0.3, -0.25) is 4.72 Å². The van der Waals surface area contributed by atoms with Gasteiger partial charge in [-0.1, -0.05) is 50.0 Å². The molecule has 5 aromatic rings. The number of pyridine rings is 1. The first kappa shape index (κ1) is 42.2. The Morgan fingerprint density at radius 2 is 1.79 bits per heavy atom. The average molecular weight is 823 g/mol. The summed E-state index contributed by atoms with van der Waals surface area (Å²) in [5, 5.41) is 18.3. The van der Waals surface area contributed by atoms with Gasteiger partial charge in [0.05, 0.1) is 24.6 Å². The molecule has 0 radical (unpaired) electrons. The molecule has 0 bridgehead atoms. The summed E-state index contributed by atoms with van der Waals surface area (Å²) in [5.74, 6) is -3.84. The minimum Gasteiger partial charge on any atom is -0.487 e. The summed E-state index contributed by atoms with van der Waals surface area (Å²) in [5.41, 5.74) is 1.85. The predicted octanol–water partition coefficient (Wildman–Crippen LogP) is 8.48. The second-order valence-corrected chi connectivity index (χ2v) is 21.2. The van der Waals surface area contributed by atoms with Crippen LogP contribution in [0.25, 0.3) is 11.3 Å². The molecule has 57 heavy (non-hydrogen) atoms. The summed E-state index contributed by atoms with van der Waals surface area (Å²) < 4.78 is 90.9. The van der Waals surface area contributed by atoms with Crippen LogP contribution < -0.4 is 19.5 Å². The van der Waals surface area contributed by atoms with Crippen molar-refractivity contribution in [2.75, 3.05) is 23.8 Å². The van der Waals surface area contributed by atoms with Crippen LogP contribution in [0.4, 0.5) is 30.5 Å². The number of rotatable bonds is 18. The summed E-state index contributed by atoms with van der Waals surface area (Å²) in [4.78, 5) is 16.4. The lowest BCUT2D eigenvalue weighted by molar-refractivity contribution is 0.0600. The number of nitrogens with zero attached hydrogens (tertiary/aromatic N) is 4. The largest absolute Gasteiger partial charge is 0.487 e. The predicted molar refractivity (Wildman–Crippen MR) is 210 cm³/mol. The van der Waals surface area contributed by atoms with Gasteiger partial charge in [0.2, 0.25) is 0 Å². The van der Waals surface area contributed by atoms with Crippen molar-refractivity contribution >= 4 is 41.4 Å². The molecule has 0 fully saturated rings. The zero-order valence-electron chi connectivity index (χ0n) is 31.8. The maximum atomic E-state index is 13.6. The summed E-state index contributed by atoms with van der Waals surface area (Å²) in [6, 6.07) is 22.6. The number of halogens is 3. The maximum absolute atomic E-state index is 13.6. The highest BCUT2D eigenvalue weighted by molar-refractivity contribution is 7.93. The number of aromatic nitrogens is 3. The molecule has 0 aliphatic heterocycles. The van der Waals surface area contributed by atoms with Gasteiger partial charge in [0, 0.05) is 20.2 Å². The zero-order chi connectivity index (χ0) is 41.3. The number of methoxy groups -OCH3 is 1. The zero-order valence-corrected chi connectivity index (χ0v) is 33.6. The number of nitrogens with one attached hydrogen (secondary N) is 2. The fourth-order valence-corrected chi connectivity index (χ4v) is 6.62. The number of alkyl halides is 2. The SMILES string of the molecule is COC(=O)c1cccc(COc2ccc(Nc3c(C#N)c(-c4ccc(NS(=O)(=O)C(F)F)c(O[C@@H](C)c5ccc(F)cc5)c4)nn3COCC[Si](C)(C)C)nc2)c1. The molecule has 0 saturated carbocycles. The summed E-state index contributed by atoms with van der Waals surface area (Å²) >= 11 is 0. The minimum atomic E-state index is -5.10. The van der Waals surface area contributed by atoms with Gasteiger partial charge in [-0.05, 0) is 72.6 Å². The molecular formula is C39H41F3N6O7SSi. The first-order chi connectivity index (χ1) is 27.1. The highest BCUT2D eigenvalue weighted by Crippen LogP contribution is 2.38. The van der Waals surface area contributed by atoms with E-state index in [4.69, 9.17) is 18.9 Å². The lowest BCUT2D eigenvalue weighted by atomic mass is 10.1. The van der Waals surface area contributed by atoms with Gasteiger partial charge in [0.25, 0.3) is 10.0 Å². The van der Waals surface area contributed by atoms with E-state index < -0.39 is 41.7 Å². The molecule has 2 heterocycles. The number of carbonyl (C=O) groups excluding carboxylic acids is 1. The number of hydrogen-bond acceptors (Lipinski definition) is 11. The molecule has 5 rings (SSSR count). The molecule has 0 unspecified atom stereocenters. The van der Waals surface area contributed by atoms with Crippen LogP contribution in [0, 0.1) is 17.1 Å². The topological polar surface area (TPSA) is 167 Å². The number of anilines is 3. The third-order valence-corrected chi connectivity index (χ3v) is 11.1. The van der Waals surface area contributed by atoms with Crippen molar-refractivity contribution in [3.63, 3.8) is 0 Å². The van der Waals surface area contributed by atoms with Gasteiger partial charge in [-0.15, -0.1) is 0 Å². The number of ether oxygens (including phenoxy) is 4. The molecule has 0 aliphatic carbocycles. The van der Waals surface area contributed by atoms with Crippen LogP contribution in [0.2, 0.25) is 25.7 Å². The number of hydrogen-bond donors (Lipinski definition) is 2. The van der Waals surface area contributed by atoms with Crippen LogP contribution in [0.15, 0.2) is 85.1 Å². The molecule has 0 spiro atoms. The van der Waals surface area contributed by atoms with E-state index in [-0.39, 0.29) is 47.4 Å². The quantitative estimate of drug-likeness (QED) is 0.0494. The Kier molecular flexibility index (Phi) is 13.6. The van der Waals surface area contributed by atoms with E-state index >= 15 is 0 Å². The van der Waals surface area contributed by atoms with Crippen molar-refractivity contribution in [2.45, 2.75) is 57.8 Å². The van der Waals surface area contributed by atoms with Crippen LogP contribution in [0.1, 0.15) is 40.1 Å². The van der Waals surface area contributed by atoms with Crippen LogP contribution in [-0.2, 0) is 32.8 Å². The Morgan fingerprint density at radius 1 is 1.04 bits per heavy atom. The van der Waals surface area contributed by atoms with E-state index in [0.29, 0.717) is 29.3 Å². The highest BCUT2D eigenvalue weighted by Gasteiger charge is 2.27. The van der Waals surface area contributed by atoms with Crippen molar-refractivity contribution in [1.82, 2.24) is 14.8 Å². The summed E-state index contributed by atoms with van der Waals surface area (Å²) in [7, 11) is -5.24. The Bertz CT molecular complexity index is 2330. The Labute approximate surface area is 329 Å². The first-order valence-corrected chi connectivity index (χ1v) is 22.8. The third kappa shape index (κ3) is 11.3. The van der Waals surface area contributed by atoms with Crippen molar-refractivity contribution in [3.8, 4) is 28.8 Å². The van der Waals surface area contributed by atoms with Gasteiger partial charge < -0.3 is 24.3 Å². The lowest BCUT2D eigenvalue weighted by Gasteiger charge is -2.19. The monoisotopic (exact) mass is 822 g/mol. The number of nitriles is 1. The molecule has 0 aliphatic rings.